The van der Waals surface area contributed by atoms with Gasteiger partial charge in [0.2, 0.25) is 5.76 Å². The average Bonchev–Trinajstić information content (AvgIpc) is 2.76. The Morgan fingerprint density at radius 1 is 1.13 bits per heavy atom. The van der Waals surface area contributed by atoms with Crippen molar-refractivity contribution in [3.8, 4) is 6.07 Å². The van der Waals surface area contributed by atoms with Crippen LogP contribution in [0.15, 0.2) is 46.9 Å². The molecule has 1 heterocycles. The predicted molar refractivity (Wildman–Crippen MR) is 57.2 cm³/mol. The zero-order valence-electron chi connectivity index (χ0n) is 8.10. The molecule has 0 bridgehead atoms. The van der Waals surface area contributed by atoms with Crippen LogP contribution in [0, 0.1) is 11.3 Å². The Labute approximate surface area is 88.0 Å². The normalized spacial score (nSPS) is 9.53. The number of anilines is 1. The van der Waals surface area contributed by atoms with Crippen LogP contribution in [0.3, 0.4) is 0 Å². The molecule has 0 unspecified atom stereocenters. The minimum atomic E-state index is 0.347. The summed E-state index contributed by atoms with van der Waals surface area (Å²) in [5.41, 5.74) is 1.03. The second kappa shape index (κ2) is 4.34. The van der Waals surface area contributed by atoms with E-state index >= 15 is 0 Å². The van der Waals surface area contributed by atoms with Gasteiger partial charge in [-0.2, -0.15) is 5.26 Å². The highest BCUT2D eigenvalue weighted by atomic mass is 16.3. The van der Waals surface area contributed by atoms with E-state index in [0.717, 1.165) is 11.4 Å². The molecule has 0 fully saturated rings. The Balaban J connectivity index is 1.97. The van der Waals surface area contributed by atoms with Crippen LogP contribution in [0.2, 0.25) is 0 Å². The van der Waals surface area contributed by atoms with E-state index in [0.29, 0.717) is 12.3 Å². The van der Waals surface area contributed by atoms with Crippen molar-refractivity contribution in [1.29, 1.82) is 5.26 Å². The summed E-state index contributed by atoms with van der Waals surface area (Å²) in [6.45, 7) is 0.589. The van der Waals surface area contributed by atoms with Gasteiger partial charge in [-0.05, 0) is 24.3 Å². The number of nitriles is 1. The number of hydrogen-bond donors (Lipinski definition) is 1. The quantitative estimate of drug-likeness (QED) is 0.824. The zero-order chi connectivity index (χ0) is 10.5. The van der Waals surface area contributed by atoms with Gasteiger partial charge in [0.05, 0.1) is 6.54 Å². The fourth-order valence-corrected chi connectivity index (χ4v) is 1.28. The second-order valence-corrected chi connectivity index (χ2v) is 3.10. The third-order valence-electron chi connectivity index (χ3n) is 2.01. The molecule has 1 aromatic heterocycles. The maximum atomic E-state index is 8.57. The maximum absolute atomic E-state index is 8.57. The van der Waals surface area contributed by atoms with Crippen LogP contribution in [0.1, 0.15) is 11.5 Å². The Morgan fingerprint density at radius 3 is 2.60 bits per heavy atom. The summed E-state index contributed by atoms with van der Waals surface area (Å²) in [6, 6.07) is 15.3. The van der Waals surface area contributed by atoms with Crippen LogP contribution >= 0.6 is 0 Å². The number of nitrogens with zero attached hydrogens (tertiary/aromatic N) is 1. The molecule has 0 amide bonds. The minimum Gasteiger partial charge on any atom is -0.449 e. The minimum absolute atomic E-state index is 0.347. The Bertz CT molecular complexity index is 468. The molecule has 74 valence electrons. The van der Waals surface area contributed by atoms with Gasteiger partial charge in [0.15, 0.2) is 0 Å². The summed E-state index contributed by atoms with van der Waals surface area (Å²) in [7, 11) is 0. The van der Waals surface area contributed by atoms with E-state index < -0.39 is 0 Å². The van der Waals surface area contributed by atoms with Gasteiger partial charge in [0, 0.05) is 5.69 Å². The predicted octanol–water partition coefficient (Wildman–Crippen LogP) is 2.76. The summed E-state index contributed by atoms with van der Waals surface area (Å²) in [5.74, 6) is 1.11. The highest BCUT2D eigenvalue weighted by Gasteiger charge is 1.99. The molecule has 0 saturated carbocycles. The summed E-state index contributed by atoms with van der Waals surface area (Å²) in [5, 5.41) is 11.8. The van der Waals surface area contributed by atoms with E-state index in [1.807, 2.05) is 36.4 Å². The lowest BCUT2D eigenvalue weighted by molar-refractivity contribution is 0.506. The molecule has 0 spiro atoms. The molecule has 3 nitrogen and oxygen atoms in total. The first-order valence-corrected chi connectivity index (χ1v) is 4.66. The van der Waals surface area contributed by atoms with Crippen LogP contribution < -0.4 is 5.32 Å². The Kier molecular flexibility index (Phi) is 2.70. The van der Waals surface area contributed by atoms with Crippen molar-refractivity contribution in [1.82, 2.24) is 0 Å². The highest BCUT2D eigenvalue weighted by molar-refractivity contribution is 5.42. The van der Waals surface area contributed by atoms with E-state index in [9.17, 15) is 0 Å². The highest BCUT2D eigenvalue weighted by Crippen LogP contribution is 2.10. The fourth-order valence-electron chi connectivity index (χ4n) is 1.28. The first kappa shape index (κ1) is 9.35. The summed E-state index contributed by atoms with van der Waals surface area (Å²) >= 11 is 0. The van der Waals surface area contributed by atoms with Crippen LogP contribution in [0.25, 0.3) is 0 Å². The lowest BCUT2D eigenvalue weighted by Gasteiger charge is -2.02. The smallest absolute Gasteiger partial charge is 0.203 e. The molecule has 0 aliphatic rings. The van der Waals surface area contributed by atoms with Gasteiger partial charge in [0.1, 0.15) is 11.8 Å². The summed E-state index contributed by atoms with van der Waals surface area (Å²) < 4.78 is 5.23. The van der Waals surface area contributed by atoms with Crippen molar-refractivity contribution in [2.45, 2.75) is 6.54 Å². The number of benzene rings is 1. The standard InChI is InChI=1S/C12H10N2O/c13-8-11-6-7-12(15-11)9-14-10-4-2-1-3-5-10/h1-7,14H,9H2. The van der Waals surface area contributed by atoms with Crippen molar-refractivity contribution in [3.63, 3.8) is 0 Å². The average molecular weight is 198 g/mol. The van der Waals surface area contributed by atoms with Crippen molar-refractivity contribution < 1.29 is 4.42 Å². The SMILES string of the molecule is N#Cc1ccc(CNc2ccccc2)o1. The van der Waals surface area contributed by atoms with Crippen molar-refractivity contribution in [2.24, 2.45) is 0 Å². The molecule has 3 heteroatoms. The number of furan rings is 1. The second-order valence-electron chi connectivity index (χ2n) is 3.10. The number of hydrogen-bond acceptors (Lipinski definition) is 3. The van der Waals surface area contributed by atoms with E-state index in [-0.39, 0.29) is 0 Å². The third kappa shape index (κ3) is 2.38. The van der Waals surface area contributed by atoms with Crippen LogP contribution in [-0.2, 0) is 6.54 Å². The third-order valence-corrected chi connectivity index (χ3v) is 2.01. The topological polar surface area (TPSA) is 49.0 Å². The fraction of sp³-hybridized carbons (Fsp3) is 0.0833. The maximum Gasteiger partial charge on any atom is 0.203 e. The molecule has 2 rings (SSSR count). The summed E-state index contributed by atoms with van der Waals surface area (Å²) in [6.07, 6.45) is 0. The molecule has 0 aliphatic heterocycles. The van der Waals surface area contributed by atoms with Crippen molar-refractivity contribution in [3.05, 3.63) is 54.0 Å². The van der Waals surface area contributed by atoms with E-state index in [4.69, 9.17) is 9.68 Å². The van der Waals surface area contributed by atoms with Gasteiger partial charge in [-0.3, -0.25) is 0 Å². The molecule has 0 atom stereocenters. The number of para-hydroxylation sites is 1. The molecular weight excluding hydrogens is 188 g/mol. The van der Waals surface area contributed by atoms with Crippen LogP contribution in [-0.4, -0.2) is 0 Å². The van der Waals surface area contributed by atoms with Crippen LogP contribution in [0.5, 0.6) is 0 Å². The van der Waals surface area contributed by atoms with Crippen molar-refractivity contribution >= 4 is 5.69 Å². The van der Waals surface area contributed by atoms with Gasteiger partial charge in [-0.1, -0.05) is 18.2 Å². The molecule has 2 aromatic rings. The van der Waals surface area contributed by atoms with Gasteiger partial charge in [-0.25, -0.2) is 0 Å². The largest absolute Gasteiger partial charge is 0.449 e. The van der Waals surface area contributed by atoms with Gasteiger partial charge >= 0.3 is 0 Å². The first-order chi connectivity index (χ1) is 7.38. The monoisotopic (exact) mass is 198 g/mol. The number of nitrogens with one attached hydrogen (secondary N) is 1. The van der Waals surface area contributed by atoms with Gasteiger partial charge in [-0.15, -0.1) is 0 Å². The summed E-state index contributed by atoms with van der Waals surface area (Å²) in [4.78, 5) is 0. The van der Waals surface area contributed by atoms with E-state index in [1.165, 1.54) is 0 Å². The first-order valence-electron chi connectivity index (χ1n) is 4.66. The van der Waals surface area contributed by atoms with E-state index in [1.54, 1.807) is 12.1 Å². The molecular formula is C12H10N2O. The van der Waals surface area contributed by atoms with Crippen molar-refractivity contribution in [2.75, 3.05) is 5.32 Å². The zero-order valence-corrected chi connectivity index (χ0v) is 8.10. The Morgan fingerprint density at radius 2 is 1.93 bits per heavy atom. The molecule has 1 N–H and O–H groups in total. The molecule has 0 aliphatic carbocycles. The lowest BCUT2D eigenvalue weighted by atomic mass is 10.3. The van der Waals surface area contributed by atoms with Gasteiger partial charge < -0.3 is 9.73 Å². The molecule has 0 radical (unpaired) electrons. The van der Waals surface area contributed by atoms with Gasteiger partial charge in [0.25, 0.3) is 0 Å². The molecule has 1 aromatic carbocycles. The lowest BCUT2D eigenvalue weighted by Crippen LogP contribution is -1.97. The number of rotatable bonds is 3. The Hall–Kier alpha value is -2.21. The molecule has 15 heavy (non-hydrogen) atoms. The van der Waals surface area contributed by atoms with Crippen LogP contribution in [0.4, 0.5) is 5.69 Å². The van der Waals surface area contributed by atoms with E-state index in [2.05, 4.69) is 5.32 Å². The molecule has 0 saturated heterocycles.